The summed E-state index contributed by atoms with van der Waals surface area (Å²) in [5.41, 5.74) is -0.0333. The van der Waals surface area contributed by atoms with Crippen molar-refractivity contribution >= 4 is 23.3 Å². The summed E-state index contributed by atoms with van der Waals surface area (Å²) in [6, 6.07) is 9.44. The molecule has 2 aromatic rings. The molecule has 0 aliphatic heterocycles. The van der Waals surface area contributed by atoms with Crippen molar-refractivity contribution in [2.45, 2.75) is 0 Å². The van der Waals surface area contributed by atoms with E-state index in [0.29, 0.717) is 5.75 Å². The molecular formula is C13H8ClNO5. The van der Waals surface area contributed by atoms with Gasteiger partial charge < -0.3 is 9.84 Å². The predicted octanol–water partition coefficient (Wildman–Crippen LogP) is 3.74. The van der Waals surface area contributed by atoms with Gasteiger partial charge >= 0.3 is 5.97 Å². The Hall–Kier alpha value is -2.60. The number of carboxylic acid groups (broad SMARTS) is 1. The zero-order valence-electron chi connectivity index (χ0n) is 9.95. The first-order valence-corrected chi connectivity index (χ1v) is 5.80. The Balaban J connectivity index is 2.27. The molecule has 0 saturated heterocycles. The van der Waals surface area contributed by atoms with Crippen LogP contribution in [0.1, 0.15) is 10.4 Å². The van der Waals surface area contributed by atoms with E-state index in [1.165, 1.54) is 42.5 Å². The lowest BCUT2D eigenvalue weighted by molar-refractivity contribution is -0.384. The first-order valence-electron chi connectivity index (χ1n) is 5.42. The number of halogens is 1. The van der Waals surface area contributed by atoms with E-state index in [9.17, 15) is 14.9 Å². The Bertz CT molecular complexity index is 669. The van der Waals surface area contributed by atoms with Gasteiger partial charge in [0.1, 0.15) is 5.75 Å². The van der Waals surface area contributed by atoms with Crippen LogP contribution in [0.5, 0.6) is 11.5 Å². The van der Waals surface area contributed by atoms with Gasteiger partial charge in [-0.2, -0.15) is 0 Å². The number of hydrogen-bond acceptors (Lipinski definition) is 4. The molecule has 0 saturated carbocycles. The lowest BCUT2D eigenvalue weighted by Crippen LogP contribution is -1.95. The summed E-state index contributed by atoms with van der Waals surface area (Å²) in [5.74, 6) is -0.591. The van der Waals surface area contributed by atoms with Gasteiger partial charge in [0.05, 0.1) is 21.6 Å². The molecule has 6 nitrogen and oxygen atoms in total. The molecule has 2 aromatic carbocycles. The van der Waals surface area contributed by atoms with Crippen molar-refractivity contribution in [2.75, 3.05) is 0 Å². The van der Waals surface area contributed by atoms with Crippen LogP contribution in [0.15, 0.2) is 42.5 Å². The minimum Gasteiger partial charge on any atom is -0.478 e. The van der Waals surface area contributed by atoms with E-state index >= 15 is 0 Å². The van der Waals surface area contributed by atoms with E-state index in [0.717, 1.165) is 0 Å². The zero-order valence-corrected chi connectivity index (χ0v) is 10.7. The van der Waals surface area contributed by atoms with Crippen molar-refractivity contribution in [1.82, 2.24) is 0 Å². The third kappa shape index (κ3) is 3.04. The first-order chi connectivity index (χ1) is 9.47. The fourth-order valence-electron chi connectivity index (χ4n) is 1.48. The standard InChI is InChI=1S/C13H8ClNO5/c14-11-6-3-9(15(18)19)7-12(11)20-10-4-1-8(2-5-10)13(16)17/h1-7H,(H,16,17). The third-order valence-corrected chi connectivity index (χ3v) is 2.77. The highest BCUT2D eigenvalue weighted by molar-refractivity contribution is 6.32. The van der Waals surface area contributed by atoms with Crippen LogP contribution in [0.3, 0.4) is 0 Å². The monoisotopic (exact) mass is 293 g/mol. The predicted molar refractivity (Wildman–Crippen MR) is 71.6 cm³/mol. The topological polar surface area (TPSA) is 89.7 Å². The highest BCUT2D eigenvalue weighted by atomic mass is 35.5. The number of nitro groups is 1. The van der Waals surface area contributed by atoms with Crippen LogP contribution in [-0.4, -0.2) is 16.0 Å². The normalized spacial score (nSPS) is 10.1. The van der Waals surface area contributed by atoms with E-state index < -0.39 is 10.9 Å². The second-order valence-electron chi connectivity index (χ2n) is 3.80. The molecular weight excluding hydrogens is 286 g/mol. The number of rotatable bonds is 4. The maximum Gasteiger partial charge on any atom is 0.335 e. The largest absolute Gasteiger partial charge is 0.478 e. The van der Waals surface area contributed by atoms with E-state index in [1.807, 2.05) is 0 Å². The quantitative estimate of drug-likeness (QED) is 0.685. The molecule has 0 aliphatic carbocycles. The first kappa shape index (κ1) is 13.8. The van der Waals surface area contributed by atoms with Crippen LogP contribution in [0.25, 0.3) is 0 Å². The van der Waals surface area contributed by atoms with E-state index in [2.05, 4.69) is 0 Å². The fourth-order valence-corrected chi connectivity index (χ4v) is 1.63. The van der Waals surface area contributed by atoms with Crippen molar-refractivity contribution in [1.29, 1.82) is 0 Å². The van der Waals surface area contributed by atoms with Crippen molar-refractivity contribution < 1.29 is 19.6 Å². The van der Waals surface area contributed by atoms with Crippen LogP contribution >= 0.6 is 11.6 Å². The summed E-state index contributed by atoms with van der Waals surface area (Å²) >= 11 is 5.89. The smallest absolute Gasteiger partial charge is 0.335 e. The average molecular weight is 294 g/mol. The number of ether oxygens (including phenoxy) is 1. The Morgan fingerprint density at radius 3 is 2.40 bits per heavy atom. The summed E-state index contributed by atoms with van der Waals surface area (Å²) in [5, 5.41) is 19.7. The zero-order chi connectivity index (χ0) is 14.7. The van der Waals surface area contributed by atoms with Crippen LogP contribution in [0.2, 0.25) is 5.02 Å². The number of hydrogen-bond donors (Lipinski definition) is 1. The number of aromatic carboxylic acids is 1. The molecule has 1 N–H and O–H groups in total. The molecule has 20 heavy (non-hydrogen) atoms. The highest BCUT2D eigenvalue weighted by Crippen LogP contribution is 2.32. The molecule has 0 fully saturated rings. The summed E-state index contributed by atoms with van der Waals surface area (Å²) in [4.78, 5) is 20.8. The highest BCUT2D eigenvalue weighted by Gasteiger charge is 2.12. The molecule has 0 atom stereocenters. The van der Waals surface area contributed by atoms with E-state index in [4.69, 9.17) is 21.4 Å². The second kappa shape index (κ2) is 5.58. The van der Waals surface area contributed by atoms with Gasteiger partial charge in [-0.3, -0.25) is 10.1 Å². The van der Waals surface area contributed by atoms with Gasteiger partial charge in [0.25, 0.3) is 5.69 Å². The Labute approximate surface area is 118 Å². The van der Waals surface area contributed by atoms with Crippen molar-refractivity contribution in [3.05, 3.63) is 63.2 Å². The summed E-state index contributed by atoms with van der Waals surface area (Å²) in [6.07, 6.45) is 0. The van der Waals surface area contributed by atoms with Gasteiger partial charge in [-0.15, -0.1) is 0 Å². The summed E-state index contributed by atoms with van der Waals surface area (Å²) in [7, 11) is 0. The van der Waals surface area contributed by atoms with Gasteiger partial charge in [-0.25, -0.2) is 4.79 Å². The van der Waals surface area contributed by atoms with Gasteiger partial charge in [0.15, 0.2) is 5.75 Å². The Kier molecular flexibility index (Phi) is 3.86. The number of carboxylic acids is 1. The van der Waals surface area contributed by atoms with Crippen LogP contribution in [0, 0.1) is 10.1 Å². The van der Waals surface area contributed by atoms with Gasteiger partial charge in [-0.1, -0.05) is 11.6 Å². The van der Waals surface area contributed by atoms with Crippen LogP contribution in [0.4, 0.5) is 5.69 Å². The molecule has 0 heterocycles. The van der Waals surface area contributed by atoms with Gasteiger partial charge in [0.2, 0.25) is 0 Å². The number of nitro benzene ring substituents is 1. The molecule has 0 unspecified atom stereocenters. The van der Waals surface area contributed by atoms with E-state index in [-0.39, 0.29) is 22.0 Å². The summed E-state index contributed by atoms with van der Waals surface area (Å²) < 4.78 is 5.41. The Morgan fingerprint density at radius 1 is 1.20 bits per heavy atom. The Morgan fingerprint density at radius 2 is 1.85 bits per heavy atom. The number of carbonyl (C=O) groups is 1. The number of benzene rings is 2. The fraction of sp³-hybridized carbons (Fsp3) is 0. The van der Waals surface area contributed by atoms with Gasteiger partial charge in [-0.05, 0) is 30.3 Å². The number of non-ortho nitro benzene ring substituents is 1. The molecule has 0 aromatic heterocycles. The van der Waals surface area contributed by atoms with Gasteiger partial charge in [0, 0.05) is 6.07 Å². The molecule has 0 radical (unpaired) electrons. The van der Waals surface area contributed by atoms with Crippen LogP contribution in [-0.2, 0) is 0 Å². The molecule has 0 aliphatic rings. The van der Waals surface area contributed by atoms with Crippen molar-refractivity contribution in [3.63, 3.8) is 0 Å². The maximum absolute atomic E-state index is 10.7. The molecule has 7 heteroatoms. The maximum atomic E-state index is 10.7. The minimum absolute atomic E-state index is 0.113. The molecule has 2 rings (SSSR count). The average Bonchev–Trinajstić information content (AvgIpc) is 2.41. The number of nitrogens with zero attached hydrogens (tertiary/aromatic N) is 1. The van der Waals surface area contributed by atoms with Crippen molar-refractivity contribution in [3.8, 4) is 11.5 Å². The lowest BCUT2D eigenvalue weighted by atomic mass is 10.2. The lowest BCUT2D eigenvalue weighted by Gasteiger charge is -2.07. The molecule has 0 spiro atoms. The van der Waals surface area contributed by atoms with Crippen LogP contribution < -0.4 is 4.74 Å². The second-order valence-corrected chi connectivity index (χ2v) is 4.21. The molecule has 0 bridgehead atoms. The molecule has 102 valence electrons. The molecule has 0 amide bonds. The van der Waals surface area contributed by atoms with E-state index in [1.54, 1.807) is 0 Å². The SMILES string of the molecule is O=C(O)c1ccc(Oc2cc([N+](=O)[O-])ccc2Cl)cc1. The third-order valence-electron chi connectivity index (χ3n) is 2.45. The summed E-state index contributed by atoms with van der Waals surface area (Å²) in [6.45, 7) is 0. The minimum atomic E-state index is -1.05. The van der Waals surface area contributed by atoms with Crippen molar-refractivity contribution in [2.24, 2.45) is 0 Å².